The van der Waals surface area contributed by atoms with E-state index in [2.05, 4.69) is 4.98 Å². The third kappa shape index (κ3) is 2.09. The van der Waals surface area contributed by atoms with Gasteiger partial charge in [0.15, 0.2) is 0 Å². The largest absolute Gasteiger partial charge is 0.338 e. The molecule has 0 spiro atoms. The van der Waals surface area contributed by atoms with Gasteiger partial charge in [0.05, 0.1) is 0 Å². The van der Waals surface area contributed by atoms with Crippen molar-refractivity contribution in [1.82, 2.24) is 14.3 Å². The second-order valence-electron chi connectivity index (χ2n) is 5.19. The maximum Gasteiger partial charge on any atom is 0.270 e. The molecule has 1 fully saturated rings. The van der Waals surface area contributed by atoms with E-state index < -0.39 is 0 Å². The van der Waals surface area contributed by atoms with Crippen LogP contribution in [0.2, 0.25) is 0 Å². The van der Waals surface area contributed by atoms with Crippen LogP contribution in [0, 0.1) is 6.92 Å². The van der Waals surface area contributed by atoms with Crippen LogP contribution >= 0.6 is 0 Å². The van der Waals surface area contributed by atoms with Gasteiger partial charge in [0.25, 0.3) is 11.5 Å². The number of aromatic nitrogens is 2. The minimum atomic E-state index is -0.274. The fourth-order valence-corrected chi connectivity index (χ4v) is 2.69. The van der Waals surface area contributed by atoms with Gasteiger partial charge in [-0.15, -0.1) is 0 Å². The standard InChI is InChI=1S/C15H17N3O2/c1-11-6-5-7-13-16-10-12(15(20)18(11)13)14(19)17-8-3-2-4-9-17/h5-7,10H,2-4,8-9H2,1H3. The third-order valence-corrected chi connectivity index (χ3v) is 3.80. The molecule has 0 atom stereocenters. The van der Waals surface area contributed by atoms with Gasteiger partial charge in [-0.1, -0.05) is 6.07 Å². The molecule has 0 aromatic carbocycles. The van der Waals surface area contributed by atoms with Crippen LogP contribution in [0.15, 0.2) is 29.2 Å². The van der Waals surface area contributed by atoms with Crippen molar-refractivity contribution in [2.24, 2.45) is 0 Å². The number of amides is 1. The van der Waals surface area contributed by atoms with Gasteiger partial charge in [0.1, 0.15) is 11.2 Å². The van der Waals surface area contributed by atoms with E-state index in [4.69, 9.17) is 0 Å². The lowest BCUT2D eigenvalue weighted by Crippen LogP contribution is -2.39. The Morgan fingerprint density at radius 2 is 1.95 bits per heavy atom. The van der Waals surface area contributed by atoms with Gasteiger partial charge in [0.2, 0.25) is 0 Å². The van der Waals surface area contributed by atoms with Crippen molar-refractivity contribution >= 4 is 11.6 Å². The number of pyridine rings is 1. The molecule has 5 heteroatoms. The number of fused-ring (bicyclic) bond motifs is 1. The van der Waals surface area contributed by atoms with Crippen LogP contribution < -0.4 is 5.56 Å². The highest BCUT2D eigenvalue weighted by molar-refractivity contribution is 5.93. The second-order valence-corrected chi connectivity index (χ2v) is 5.19. The predicted molar refractivity (Wildman–Crippen MR) is 76.0 cm³/mol. The normalized spacial score (nSPS) is 15.6. The van der Waals surface area contributed by atoms with Crippen LogP contribution in [-0.2, 0) is 0 Å². The van der Waals surface area contributed by atoms with Crippen LogP contribution in [0.4, 0.5) is 0 Å². The second kappa shape index (κ2) is 5.07. The molecule has 0 bridgehead atoms. The topological polar surface area (TPSA) is 54.7 Å². The van der Waals surface area contributed by atoms with Gasteiger partial charge in [-0.3, -0.25) is 14.0 Å². The van der Waals surface area contributed by atoms with E-state index in [0.717, 1.165) is 38.0 Å². The zero-order valence-corrected chi connectivity index (χ0v) is 11.5. The molecule has 0 radical (unpaired) electrons. The number of nitrogens with zero attached hydrogens (tertiary/aromatic N) is 3. The summed E-state index contributed by atoms with van der Waals surface area (Å²) in [6.45, 7) is 3.30. The molecular weight excluding hydrogens is 254 g/mol. The average molecular weight is 271 g/mol. The van der Waals surface area contributed by atoms with Gasteiger partial charge < -0.3 is 4.90 Å². The molecular formula is C15H17N3O2. The number of carbonyl (C=O) groups is 1. The lowest BCUT2D eigenvalue weighted by molar-refractivity contribution is 0.0722. The van der Waals surface area contributed by atoms with Crippen molar-refractivity contribution in [3.63, 3.8) is 0 Å². The predicted octanol–water partition coefficient (Wildman–Crippen LogP) is 1.63. The monoisotopic (exact) mass is 271 g/mol. The SMILES string of the molecule is Cc1cccc2ncc(C(=O)N3CCCCC3)c(=O)n12. The lowest BCUT2D eigenvalue weighted by Gasteiger charge is -2.26. The summed E-state index contributed by atoms with van der Waals surface area (Å²) in [5.41, 5.74) is 1.25. The van der Waals surface area contributed by atoms with E-state index in [-0.39, 0.29) is 17.0 Å². The first-order valence-electron chi connectivity index (χ1n) is 6.95. The first-order chi connectivity index (χ1) is 9.68. The number of hydrogen-bond donors (Lipinski definition) is 0. The maximum atomic E-state index is 12.5. The fraction of sp³-hybridized carbons (Fsp3) is 0.400. The maximum absolute atomic E-state index is 12.5. The Morgan fingerprint density at radius 3 is 2.70 bits per heavy atom. The molecule has 0 N–H and O–H groups in total. The van der Waals surface area contributed by atoms with Crippen LogP contribution in [0.5, 0.6) is 0 Å². The quantitative estimate of drug-likeness (QED) is 0.792. The first-order valence-corrected chi connectivity index (χ1v) is 6.95. The van der Waals surface area contributed by atoms with Crippen LogP contribution in [0.25, 0.3) is 5.65 Å². The third-order valence-electron chi connectivity index (χ3n) is 3.80. The van der Waals surface area contributed by atoms with Crippen molar-refractivity contribution in [2.45, 2.75) is 26.2 Å². The number of piperidine rings is 1. The van der Waals surface area contributed by atoms with Crippen LogP contribution in [-0.4, -0.2) is 33.3 Å². The molecule has 104 valence electrons. The van der Waals surface area contributed by atoms with Crippen molar-refractivity contribution in [1.29, 1.82) is 0 Å². The molecule has 1 aliphatic rings. The number of hydrogen-bond acceptors (Lipinski definition) is 3. The molecule has 3 rings (SSSR count). The van der Waals surface area contributed by atoms with Gasteiger partial charge in [-0.25, -0.2) is 4.98 Å². The number of rotatable bonds is 1. The lowest BCUT2D eigenvalue weighted by atomic mass is 10.1. The molecule has 1 saturated heterocycles. The molecule has 0 unspecified atom stereocenters. The van der Waals surface area contributed by atoms with Crippen molar-refractivity contribution in [3.8, 4) is 0 Å². The van der Waals surface area contributed by atoms with Gasteiger partial charge in [-0.2, -0.15) is 0 Å². The summed E-state index contributed by atoms with van der Waals surface area (Å²) in [7, 11) is 0. The average Bonchev–Trinajstić information content (AvgIpc) is 2.48. The zero-order valence-electron chi connectivity index (χ0n) is 11.5. The van der Waals surface area contributed by atoms with E-state index in [9.17, 15) is 9.59 Å². The van der Waals surface area contributed by atoms with E-state index >= 15 is 0 Å². The Labute approximate surface area is 116 Å². The van der Waals surface area contributed by atoms with E-state index in [0.29, 0.717) is 5.65 Å². The summed E-state index contributed by atoms with van der Waals surface area (Å²) in [6, 6.07) is 5.46. The molecule has 0 saturated carbocycles. The smallest absolute Gasteiger partial charge is 0.270 e. The molecule has 5 nitrogen and oxygen atoms in total. The highest BCUT2D eigenvalue weighted by Crippen LogP contribution is 2.11. The summed E-state index contributed by atoms with van der Waals surface area (Å²) >= 11 is 0. The summed E-state index contributed by atoms with van der Waals surface area (Å²) in [6.07, 6.45) is 4.58. The Kier molecular flexibility index (Phi) is 3.26. The number of aryl methyl sites for hydroxylation is 1. The number of carbonyl (C=O) groups excluding carboxylic acids is 1. The molecule has 20 heavy (non-hydrogen) atoms. The molecule has 2 aromatic heterocycles. The number of likely N-dealkylation sites (tertiary alicyclic amines) is 1. The molecule has 1 aliphatic heterocycles. The molecule has 3 heterocycles. The summed E-state index contributed by atoms with van der Waals surface area (Å²) in [4.78, 5) is 30.9. The minimum absolute atomic E-state index is 0.165. The highest BCUT2D eigenvalue weighted by atomic mass is 16.2. The van der Waals surface area contributed by atoms with Crippen molar-refractivity contribution in [3.05, 3.63) is 46.0 Å². The van der Waals surface area contributed by atoms with Gasteiger partial charge in [0, 0.05) is 25.0 Å². The minimum Gasteiger partial charge on any atom is -0.338 e. The Morgan fingerprint density at radius 1 is 1.20 bits per heavy atom. The molecule has 2 aromatic rings. The summed E-state index contributed by atoms with van der Waals surface area (Å²) < 4.78 is 1.50. The van der Waals surface area contributed by atoms with Gasteiger partial charge >= 0.3 is 0 Å². The molecule has 1 amide bonds. The molecule has 0 aliphatic carbocycles. The Balaban J connectivity index is 2.08. The van der Waals surface area contributed by atoms with Gasteiger partial charge in [-0.05, 0) is 38.3 Å². The van der Waals surface area contributed by atoms with E-state index in [1.165, 1.54) is 10.6 Å². The van der Waals surface area contributed by atoms with Crippen LogP contribution in [0.3, 0.4) is 0 Å². The fourth-order valence-electron chi connectivity index (χ4n) is 2.69. The van der Waals surface area contributed by atoms with Crippen molar-refractivity contribution < 1.29 is 4.79 Å². The van der Waals surface area contributed by atoms with Crippen LogP contribution in [0.1, 0.15) is 35.3 Å². The summed E-state index contributed by atoms with van der Waals surface area (Å²) in [5.74, 6) is -0.195. The van der Waals surface area contributed by atoms with E-state index in [1.807, 2.05) is 19.1 Å². The summed E-state index contributed by atoms with van der Waals surface area (Å²) in [5, 5.41) is 0. The van der Waals surface area contributed by atoms with Crippen molar-refractivity contribution in [2.75, 3.05) is 13.1 Å². The Bertz CT molecular complexity index is 715. The first kappa shape index (κ1) is 12.8. The van der Waals surface area contributed by atoms with E-state index in [1.54, 1.807) is 11.0 Å². The Hall–Kier alpha value is -2.17. The highest BCUT2D eigenvalue weighted by Gasteiger charge is 2.22. The zero-order chi connectivity index (χ0) is 14.1.